The van der Waals surface area contributed by atoms with E-state index in [9.17, 15) is 9.59 Å². The van der Waals surface area contributed by atoms with Crippen molar-refractivity contribution < 1.29 is 14.3 Å². The van der Waals surface area contributed by atoms with Crippen molar-refractivity contribution in [2.75, 3.05) is 12.4 Å². The summed E-state index contributed by atoms with van der Waals surface area (Å²) < 4.78 is 7.56. The van der Waals surface area contributed by atoms with E-state index in [0.29, 0.717) is 40.7 Å². The molecule has 0 radical (unpaired) electrons. The van der Waals surface area contributed by atoms with Crippen LogP contribution in [0.1, 0.15) is 57.3 Å². The van der Waals surface area contributed by atoms with Crippen molar-refractivity contribution >= 4 is 23.3 Å². The Morgan fingerprint density at radius 2 is 1.74 bits per heavy atom. The van der Waals surface area contributed by atoms with Crippen LogP contribution >= 0.6 is 11.8 Å². The van der Waals surface area contributed by atoms with Gasteiger partial charge in [0.05, 0.1) is 18.1 Å². The number of ketones is 2. The van der Waals surface area contributed by atoms with Crippen LogP contribution in [0.3, 0.4) is 0 Å². The summed E-state index contributed by atoms with van der Waals surface area (Å²) in [5.74, 6) is 1.59. The van der Waals surface area contributed by atoms with E-state index in [-0.39, 0.29) is 17.3 Å². The lowest BCUT2D eigenvalue weighted by Crippen LogP contribution is -2.08. The van der Waals surface area contributed by atoms with Gasteiger partial charge in [-0.2, -0.15) is 0 Å². The number of Topliss-reactive ketones (excluding diaryl/α,β-unsaturated/α-hetero) is 2. The maximum absolute atomic E-state index is 13.1. The van der Waals surface area contributed by atoms with Crippen LogP contribution in [-0.2, 0) is 6.42 Å². The average molecular weight is 489 g/mol. The molecule has 4 rings (SSSR count). The Labute approximate surface area is 208 Å². The molecular formula is C27H28N4O3S. The molecule has 0 aliphatic rings. The second-order valence-electron chi connectivity index (χ2n) is 8.22. The number of thioether (sulfide) groups is 1. The molecule has 1 N–H and O–H groups in total. The number of carbonyl (C=O) groups is 2. The highest BCUT2D eigenvalue weighted by atomic mass is 32.2. The lowest BCUT2D eigenvalue weighted by Gasteiger charge is -2.11. The molecule has 0 bridgehead atoms. The highest BCUT2D eigenvalue weighted by molar-refractivity contribution is 7.99. The standard InChI is InChI=1S/C27H28N4O3S/c1-5-34-22-13-11-21(12-14-22)31-24(15-20-9-7-6-8-10-20)29-30-27(31)35-16-23(33)26-17(2)25(19(4)32)18(3)28-26/h6-14,28H,5,15-16H2,1-4H3. The van der Waals surface area contributed by atoms with E-state index in [2.05, 4.69) is 27.3 Å². The zero-order valence-corrected chi connectivity index (χ0v) is 21.1. The largest absolute Gasteiger partial charge is 0.494 e. The number of hydrogen-bond acceptors (Lipinski definition) is 6. The van der Waals surface area contributed by atoms with Crippen molar-refractivity contribution in [3.63, 3.8) is 0 Å². The van der Waals surface area contributed by atoms with Crippen LogP contribution in [-0.4, -0.2) is 43.7 Å². The molecule has 2 aromatic heterocycles. The van der Waals surface area contributed by atoms with Crippen LogP contribution in [0.2, 0.25) is 0 Å². The van der Waals surface area contributed by atoms with Gasteiger partial charge in [-0.25, -0.2) is 0 Å². The van der Waals surface area contributed by atoms with Crippen LogP contribution in [0.5, 0.6) is 5.75 Å². The molecule has 2 heterocycles. The zero-order chi connectivity index (χ0) is 24.9. The van der Waals surface area contributed by atoms with Gasteiger partial charge >= 0.3 is 0 Å². The number of hydrogen-bond donors (Lipinski definition) is 1. The van der Waals surface area contributed by atoms with Gasteiger partial charge in [0.15, 0.2) is 16.7 Å². The molecule has 4 aromatic rings. The van der Waals surface area contributed by atoms with Crippen molar-refractivity contribution in [2.45, 2.75) is 39.3 Å². The summed E-state index contributed by atoms with van der Waals surface area (Å²) in [7, 11) is 0. The van der Waals surface area contributed by atoms with Gasteiger partial charge in [-0.1, -0.05) is 42.1 Å². The number of nitrogens with zero attached hydrogens (tertiary/aromatic N) is 3. The summed E-state index contributed by atoms with van der Waals surface area (Å²) in [6, 6.07) is 17.8. The predicted octanol–water partition coefficient (Wildman–Crippen LogP) is 5.38. The maximum atomic E-state index is 13.1. The van der Waals surface area contributed by atoms with Crippen LogP contribution < -0.4 is 4.74 Å². The molecule has 2 aromatic carbocycles. The second-order valence-corrected chi connectivity index (χ2v) is 9.16. The van der Waals surface area contributed by atoms with Crippen molar-refractivity contribution in [3.8, 4) is 11.4 Å². The molecule has 0 fully saturated rings. The molecule has 0 unspecified atom stereocenters. The Morgan fingerprint density at radius 1 is 1.03 bits per heavy atom. The molecule has 35 heavy (non-hydrogen) atoms. The number of ether oxygens (including phenoxy) is 1. The second kappa shape index (κ2) is 10.7. The Morgan fingerprint density at radius 3 is 2.37 bits per heavy atom. The highest BCUT2D eigenvalue weighted by Crippen LogP contribution is 2.27. The summed E-state index contributed by atoms with van der Waals surface area (Å²) in [6.45, 7) is 7.67. The summed E-state index contributed by atoms with van der Waals surface area (Å²) in [5, 5.41) is 9.49. The lowest BCUT2D eigenvalue weighted by molar-refractivity contribution is 0.101. The van der Waals surface area contributed by atoms with Gasteiger partial charge in [0.2, 0.25) is 0 Å². The fourth-order valence-electron chi connectivity index (χ4n) is 4.16. The molecule has 0 atom stereocenters. The molecule has 0 aliphatic heterocycles. The first kappa shape index (κ1) is 24.5. The lowest BCUT2D eigenvalue weighted by atomic mass is 10.1. The SMILES string of the molecule is CCOc1ccc(-n2c(Cc3ccccc3)nnc2SCC(=O)c2[nH]c(C)c(C(C)=O)c2C)cc1. The number of carbonyl (C=O) groups excluding carboxylic acids is 2. The Bertz CT molecular complexity index is 1340. The summed E-state index contributed by atoms with van der Waals surface area (Å²) in [4.78, 5) is 28.1. The van der Waals surface area contributed by atoms with E-state index in [1.807, 2.05) is 60.9 Å². The fourth-order valence-corrected chi connectivity index (χ4v) is 5.01. The quantitative estimate of drug-likeness (QED) is 0.238. The number of aromatic amines is 1. The number of nitrogens with one attached hydrogen (secondary N) is 1. The monoisotopic (exact) mass is 488 g/mol. The van der Waals surface area contributed by atoms with Crippen LogP contribution in [0, 0.1) is 13.8 Å². The number of benzene rings is 2. The first-order valence-corrected chi connectivity index (χ1v) is 12.4. The maximum Gasteiger partial charge on any atom is 0.196 e. The first-order valence-electron chi connectivity index (χ1n) is 11.5. The topological polar surface area (TPSA) is 89.9 Å². The van der Waals surface area contributed by atoms with Crippen molar-refractivity contribution in [1.82, 2.24) is 19.7 Å². The van der Waals surface area contributed by atoms with Crippen LogP contribution in [0.15, 0.2) is 59.8 Å². The molecule has 0 aliphatic carbocycles. The molecular weight excluding hydrogens is 460 g/mol. The first-order chi connectivity index (χ1) is 16.9. The Kier molecular flexibility index (Phi) is 7.51. The van der Waals surface area contributed by atoms with Crippen molar-refractivity contribution in [2.24, 2.45) is 0 Å². The Balaban J connectivity index is 1.62. The molecule has 0 spiro atoms. The summed E-state index contributed by atoms with van der Waals surface area (Å²) in [5.41, 5.74) is 4.47. The van der Waals surface area contributed by atoms with E-state index in [1.54, 1.807) is 6.92 Å². The smallest absolute Gasteiger partial charge is 0.196 e. The predicted molar refractivity (Wildman–Crippen MR) is 137 cm³/mol. The molecule has 0 saturated carbocycles. The van der Waals surface area contributed by atoms with E-state index in [4.69, 9.17) is 4.74 Å². The number of aromatic nitrogens is 4. The minimum atomic E-state index is -0.0889. The number of H-pyrrole nitrogens is 1. The van der Waals surface area contributed by atoms with Gasteiger partial charge in [0, 0.05) is 23.4 Å². The normalized spacial score (nSPS) is 11.0. The molecule has 0 amide bonds. The molecule has 8 heteroatoms. The number of aryl methyl sites for hydroxylation is 1. The molecule has 180 valence electrons. The van der Waals surface area contributed by atoms with Gasteiger partial charge in [-0.05, 0) is 63.1 Å². The number of rotatable bonds is 10. The fraction of sp³-hybridized carbons (Fsp3) is 0.259. The zero-order valence-electron chi connectivity index (χ0n) is 20.3. The Hall–Kier alpha value is -3.65. The third kappa shape index (κ3) is 5.38. The van der Waals surface area contributed by atoms with Crippen molar-refractivity contribution in [3.05, 3.63) is 88.5 Å². The van der Waals surface area contributed by atoms with Crippen molar-refractivity contribution in [1.29, 1.82) is 0 Å². The minimum absolute atomic E-state index is 0.0521. The third-order valence-electron chi connectivity index (χ3n) is 5.71. The van der Waals surface area contributed by atoms with E-state index < -0.39 is 0 Å². The summed E-state index contributed by atoms with van der Waals surface area (Å²) >= 11 is 1.33. The molecule has 7 nitrogen and oxygen atoms in total. The van der Waals surface area contributed by atoms with Crippen LogP contribution in [0.4, 0.5) is 0 Å². The highest BCUT2D eigenvalue weighted by Gasteiger charge is 2.22. The van der Waals surface area contributed by atoms with E-state index in [0.717, 1.165) is 22.8 Å². The van der Waals surface area contributed by atoms with Gasteiger partial charge in [-0.3, -0.25) is 14.2 Å². The summed E-state index contributed by atoms with van der Waals surface area (Å²) in [6.07, 6.45) is 0.604. The van der Waals surface area contributed by atoms with Crippen LogP contribution in [0.25, 0.3) is 5.69 Å². The third-order valence-corrected chi connectivity index (χ3v) is 6.64. The van der Waals surface area contributed by atoms with Gasteiger partial charge < -0.3 is 9.72 Å². The molecule has 0 saturated heterocycles. The minimum Gasteiger partial charge on any atom is -0.494 e. The van der Waals surface area contributed by atoms with E-state index in [1.165, 1.54) is 18.7 Å². The van der Waals surface area contributed by atoms with Gasteiger partial charge in [0.1, 0.15) is 11.6 Å². The van der Waals surface area contributed by atoms with Gasteiger partial charge in [-0.15, -0.1) is 10.2 Å². The van der Waals surface area contributed by atoms with E-state index >= 15 is 0 Å². The average Bonchev–Trinajstić information content (AvgIpc) is 3.38. The van der Waals surface area contributed by atoms with Gasteiger partial charge in [0.25, 0.3) is 0 Å².